The Balaban J connectivity index is 0.000000178. The van der Waals surface area contributed by atoms with Crippen molar-refractivity contribution in [1.82, 2.24) is 19.6 Å². The van der Waals surface area contributed by atoms with Crippen LogP contribution in [0.5, 0.6) is 20.3 Å². The average Bonchev–Trinajstić information content (AvgIpc) is 1.54. The number of ether oxygens (including phenoxy) is 6. The molecule has 8 heterocycles. The monoisotopic (exact) mass is 1840 g/mol. The van der Waals surface area contributed by atoms with Gasteiger partial charge in [-0.2, -0.15) is 8.42 Å². The fraction of sp³-hybridized carbons (Fsp3) is 0.405. The number of carbonyl (C=O) groups excluding carboxylic acids is 4. The van der Waals surface area contributed by atoms with E-state index in [1.54, 1.807) is 126 Å². The van der Waals surface area contributed by atoms with E-state index in [2.05, 4.69) is 13.2 Å². The summed E-state index contributed by atoms with van der Waals surface area (Å²) in [6.45, 7) is 14.1. The molecule has 8 aromatic rings. The van der Waals surface area contributed by atoms with E-state index in [4.69, 9.17) is 113 Å². The first-order chi connectivity index (χ1) is 54.5. The van der Waals surface area contributed by atoms with E-state index >= 15 is 0 Å². The lowest BCUT2D eigenvalue weighted by Gasteiger charge is -2.33. The molecule has 12 rings (SSSR count). The first-order valence-electron chi connectivity index (χ1n) is 35.3. The number of hydrogen-bond acceptors (Lipinski definition) is 29. The van der Waals surface area contributed by atoms with Crippen LogP contribution in [0.15, 0.2) is 121 Å². The van der Waals surface area contributed by atoms with Crippen LogP contribution in [0.1, 0.15) is 130 Å². The highest BCUT2D eigenvalue weighted by atomic mass is 35.5. The minimum absolute atomic E-state index is 0.0895. The van der Waals surface area contributed by atoms with Crippen molar-refractivity contribution in [2.75, 3.05) is 68.2 Å². The summed E-state index contributed by atoms with van der Waals surface area (Å²) < 4.78 is 127. The molecule has 0 amide bonds. The number of halogens is 4. The second kappa shape index (κ2) is 41.1. The van der Waals surface area contributed by atoms with Gasteiger partial charge in [-0.05, 0) is 160 Å². The van der Waals surface area contributed by atoms with Crippen LogP contribution in [-0.2, 0) is 132 Å². The van der Waals surface area contributed by atoms with E-state index in [9.17, 15) is 41.3 Å². The zero-order valence-corrected chi connectivity index (χ0v) is 74.0. The summed E-state index contributed by atoms with van der Waals surface area (Å²) in [6, 6.07) is 32.9. The predicted molar refractivity (Wildman–Crippen MR) is 438 cm³/mol. The fourth-order valence-electron chi connectivity index (χ4n) is 12.8. The molecule has 0 spiro atoms. The van der Waals surface area contributed by atoms with E-state index in [0.29, 0.717) is 124 Å². The second-order valence-corrected chi connectivity index (χ2v) is 38.9. The minimum atomic E-state index is -4.60. The van der Waals surface area contributed by atoms with Crippen LogP contribution in [-0.4, -0.2) is 155 Å². The van der Waals surface area contributed by atoms with E-state index in [1.807, 2.05) is 56.0 Å². The van der Waals surface area contributed by atoms with Gasteiger partial charge < -0.3 is 46.9 Å². The SMILES string of the molecule is COC(=O)[C@H](c1ccccc1Cl)N1CCc2sc(OCOP(=O)(O)O)cc2C1.COC(=O)[C@H](c1ccccc1Cl)N1CCc2sc(OCOP(=O)(OC(C)(C)C)OC(C)(C)C)cc2C1.COC(=O)[C@H](c1ccccc1Cl)N1CCc2sc(OP(=O)(O)O)cc2C1.COC(=O)[C@H](c1ccccc1Cl)N1CCc2sc(OS(=O)(=O)O)cc2C1. The number of phosphoric ester groups is 3. The minimum Gasteiger partial charge on any atom is -0.468 e. The van der Waals surface area contributed by atoms with Crippen LogP contribution >= 0.6 is 115 Å². The van der Waals surface area contributed by atoms with Crippen LogP contribution in [0, 0.1) is 0 Å². The summed E-state index contributed by atoms with van der Waals surface area (Å²) in [7, 11) is -12.2. The molecule has 4 atom stereocenters. The normalized spacial score (nSPS) is 15.9. The van der Waals surface area contributed by atoms with Gasteiger partial charge in [0.2, 0.25) is 13.6 Å². The van der Waals surface area contributed by atoms with Crippen molar-refractivity contribution in [2.24, 2.45) is 0 Å². The van der Waals surface area contributed by atoms with E-state index in [-0.39, 0.29) is 22.9 Å². The van der Waals surface area contributed by atoms with Crippen molar-refractivity contribution in [1.29, 1.82) is 0 Å². The fourth-order valence-corrected chi connectivity index (χ4v) is 20.8. The predicted octanol–water partition coefficient (Wildman–Crippen LogP) is 15.9. The van der Waals surface area contributed by atoms with Gasteiger partial charge in [0.15, 0.2) is 20.3 Å². The summed E-state index contributed by atoms with van der Waals surface area (Å²) >= 11 is 30.5. The summed E-state index contributed by atoms with van der Waals surface area (Å²) in [6.07, 6.45) is 2.66. The maximum absolute atomic E-state index is 13.2. The largest absolute Gasteiger partial charge is 0.525 e. The lowest BCUT2D eigenvalue weighted by molar-refractivity contribution is -0.148. The summed E-state index contributed by atoms with van der Waals surface area (Å²) in [4.78, 5) is 97.4. The van der Waals surface area contributed by atoms with Gasteiger partial charge >= 0.3 is 57.7 Å². The Morgan fingerprint density at radius 1 is 0.431 bits per heavy atom. The van der Waals surface area contributed by atoms with Crippen LogP contribution in [0.3, 0.4) is 0 Å². The van der Waals surface area contributed by atoms with Crippen molar-refractivity contribution in [2.45, 2.75) is 129 Å². The third kappa shape index (κ3) is 27.0. The zero-order valence-electron chi connectivity index (χ0n) is 64.2. The molecule has 0 aliphatic carbocycles. The molecule has 0 bridgehead atoms. The number of fused-ring (bicyclic) bond motifs is 4. The molecule has 0 radical (unpaired) electrons. The number of nitrogens with zero attached hydrogens (tertiary/aromatic N) is 4. The third-order valence-electron chi connectivity index (χ3n) is 17.5. The molecule has 0 unspecified atom stereocenters. The molecule has 0 saturated heterocycles. The zero-order chi connectivity index (χ0) is 84.8. The maximum atomic E-state index is 13.2. The third-order valence-corrected chi connectivity index (χ3v) is 26.8. The molecule has 0 fully saturated rings. The number of phosphoric acid groups is 3. The van der Waals surface area contributed by atoms with Crippen molar-refractivity contribution < 1.29 is 121 Å². The molecule has 42 heteroatoms. The summed E-state index contributed by atoms with van der Waals surface area (Å²) in [5, 5.41) is 3.32. The highest BCUT2D eigenvalue weighted by molar-refractivity contribution is 7.81. The lowest BCUT2D eigenvalue weighted by atomic mass is 10.0. The van der Waals surface area contributed by atoms with Crippen molar-refractivity contribution in [3.05, 3.63) is 205 Å². The molecule has 5 N–H and O–H groups in total. The Morgan fingerprint density at radius 2 is 0.698 bits per heavy atom. The van der Waals surface area contributed by atoms with Gasteiger partial charge in [-0.25, -0.2) is 41.9 Å². The Morgan fingerprint density at radius 3 is 0.966 bits per heavy atom. The number of hydrogen-bond donors (Lipinski definition) is 5. The number of methoxy groups -OCH3 is 4. The van der Waals surface area contributed by atoms with Crippen LogP contribution < -0.4 is 18.2 Å². The number of esters is 4. The molecular weight excluding hydrogens is 1760 g/mol. The van der Waals surface area contributed by atoms with Gasteiger partial charge in [-0.1, -0.05) is 119 Å². The standard InChI is InChI=1S/C25H35ClNO7PS.C17H19ClNO7PS.C16H17ClNO6PS.C16H16ClNO6S2/c1-24(2,3)33-35(29,34-25(4,5)6)32-16-31-21-14-17-15-27(13-12-20(17)36-21)22(23(28)30-7)18-10-8-9-11-19(18)26;1-24-17(20)16(12-4-2-3-5-13(12)18)19-7-6-14-11(9-19)8-15(28-14)25-10-26-27(21,22)23;1-23-16(19)15(11-4-2-3-5-12(11)17)18-7-6-13-10(9-18)8-14(26-13)24-25(20,21)22;1-23-16(19)15(11-4-2-3-5-12(11)17)18-7-6-13-10(9-18)8-14(25-13)24-26(20,21)22/h8-11,14,22H,12-13,15-16H2,1-7H3;2-5,8,16H,6-7,9-10H2,1H3,(H2,21,22,23);2-5,8,15H,6-7,9H2,1H3,(H2,20,21,22);2-5,8,15H,6-7,9H2,1H3,(H,20,21,22)/t22-;16-;2*15-/m0000/s1. The summed E-state index contributed by atoms with van der Waals surface area (Å²) in [5.41, 5.74) is 4.95. The molecule has 632 valence electrons. The van der Waals surface area contributed by atoms with E-state index in [0.717, 1.165) is 59.5 Å². The van der Waals surface area contributed by atoms with Gasteiger partial charge in [0.25, 0.3) is 0 Å². The Hall–Kier alpha value is -5.96. The van der Waals surface area contributed by atoms with Crippen LogP contribution in [0.2, 0.25) is 20.1 Å². The number of benzene rings is 4. The molecule has 4 aliphatic heterocycles. The quantitative estimate of drug-likeness (QED) is 0.0110. The molecule has 30 nitrogen and oxygen atoms in total. The lowest BCUT2D eigenvalue weighted by Crippen LogP contribution is -2.38. The van der Waals surface area contributed by atoms with Gasteiger partial charge in [0, 0.05) is 92.0 Å². The van der Waals surface area contributed by atoms with Crippen LogP contribution in [0.25, 0.3) is 0 Å². The van der Waals surface area contributed by atoms with Gasteiger partial charge in [-0.3, -0.25) is 43.0 Å². The van der Waals surface area contributed by atoms with Crippen molar-refractivity contribution in [3.8, 4) is 20.3 Å². The summed E-state index contributed by atoms with van der Waals surface area (Å²) in [5.74, 6) is -1.59. The molecule has 0 saturated carbocycles. The first kappa shape index (κ1) is 93.9. The number of thiophene rings is 4. The van der Waals surface area contributed by atoms with Crippen molar-refractivity contribution >= 4 is 149 Å². The highest BCUT2D eigenvalue weighted by Crippen LogP contribution is 2.56. The first-order valence-corrected chi connectivity index (χ1v) is 46.0. The molecule has 116 heavy (non-hydrogen) atoms. The Labute approximate surface area is 707 Å². The second-order valence-electron chi connectivity index (χ2n) is 27.9. The Bertz CT molecular complexity index is 5010. The maximum Gasteiger partial charge on any atom is 0.525 e. The Kier molecular flexibility index (Phi) is 33.2. The smallest absolute Gasteiger partial charge is 0.468 e. The number of carbonyl (C=O) groups is 4. The molecular formula is C74H87Cl4N4O26P3S5. The molecule has 4 aromatic heterocycles. The van der Waals surface area contributed by atoms with Crippen LogP contribution in [0.4, 0.5) is 0 Å². The van der Waals surface area contributed by atoms with Gasteiger partial charge in [0.1, 0.15) is 24.2 Å². The highest BCUT2D eigenvalue weighted by Gasteiger charge is 2.41. The van der Waals surface area contributed by atoms with Crippen molar-refractivity contribution in [3.63, 3.8) is 0 Å². The van der Waals surface area contributed by atoms with E-state index in [1.165, 1.54) is 62.4 Å². The van der Waals surface area contributed by atoms with Gasteiger partial charge in [-0.15, -0.1) is 45.3 Å². The molecule has 4 aliphatic rings. The molecule has 4 aromatic carbocycles. The van der Waals surface area contributed by atoms with Gasteiger partial charge in [0.05, 0.1) is 39.6 Å². The number of rotatable bonds is 26. The van der Waals surface area contributed by atoms with E-state index < -0.39 is 93.9 Å². The topological polar surface area (TPSA) is 378 Å². The average molecular weight is 1840 g/mol.